The van der Waals surface area contributed by atoms with Crippen LogP contribution in [0.1, 0.15) is 12.5 Å². The van der Waals surface area contributed by atoms with E-state index in [1.54, 1.807) is 12.3 Å². The molecule has 0 spiro atoms. The average Bonchev–Trinajstić information content (AvgIpc) is 3.44. The van der Waals surface area contributed by atoms with E-state index in [0.717, 1.165) is 11.3 Å². The second-order valence-corrected chi connectivity index (χ2v) is 7.66. The lowest BCUT2D eigenvalue weighted by Gasteiger charge is -2.12. The fourth-order valence-corrected chi connectivity index (χ4v) is 3.77. The van der Waals surface area contributed by atoms with Crippen molar-refractivity contribution in [3.63, 3.8) is 0 Å². The number of amides is 1. The van der Waals surface area contributed by atoms with E-state index in [9.17, 15) is 4.79 Å². The van der Waals surface area contributed by atoms with Gasteiger partial charge in [0.15, 0.2) is 10.9 Å². The number of hydrogen-bond acceptors (Lipinski definition) is 6. The molecule has 2 aromatic carbocycles. The average molecular weight is 435 g/mol. The largest absolute Gasteiger partial charge is 0.492 e. The number of para-hydroxylation sites is 2. The zero-order chi connectivity index (χ0) is 21.6. The number of anilines is 1. The third kappa shape index (κ3) is 4.80. The van der Waals surface area contributed by atoms with Gasteiger partial charge in [-0.25, -0.2) is 0 Å². The fourth-order valence-electron chi connectivity index (χ4n) is 3.02. The molecule has 0 saturated heterocycles. The van der Waals surface area contributed by atoms with Crippen LogP contribution in [0.3, 0.4) is 0 Å². The van der Waals surface area contributed by atoms with E-state index in [0.29, 0.717) is 34.8 Å². The van der Waals surface area contributed by atoms with Crippen LogP contribution in [0, 0.1) is 6.92 Å². The minimum atomic E-state index is -0.157. The molecule has 7 nitrogen and oxygen atoms in total. The highest BCUT2D eigenvalue weighted by molar-refractivity contribution is 7.99. The van der Waals surface area contributed by atoms with Gasteiger partial charge in [0.05, 0.1) is 24.3 Å². The van der Waals surface area contributed by atoms with E-state index in [1.807, 2.05) is 73.0 Å². The van der Waals surface area contributed by atoms with Crippen molar-refractivity contribution < 1.29 is 13.9 Å². The molecule has 2 heterocycles. The summed E-state index contributed by atoms with van der Waals surface area (Å²) in [4.78, 5) is 12.6. The molecule has 0 unspecified atom stereocenters. The van der Waals surface area contributed by atoms with E-state index in [-0.39, 0.29) is 11.7 Å². The minimum Gasteiger partial charge on any atom is -0.492 e. The van der Waals surface area contributed by atoms with E-state index in [1.165, 1.54) is 11.8 Å². The third-order valence-corrected chi connectivity index (χ3v) is 5.39. The van der Waals surface area contributed by atoms with Crippen LogP contribution in [-0.4, -0.2) is 33.0 Å². The van der Waals surface area contributed by atoms with Crippen LogP contribution in [0.15, 0.2) is 76.5 Å². The van der Waals surface area contributed by atoms with Crippen molar-refractivity contribution in [3.8, 4) is 23.0 Å². The normalized spacial score (nSPS) is 10.8. The van der Waals surface area contributed by atoms with Gasteiger partial charge in [-0.15, -0.1) is 10.2 Å². The first-order valence-corrected chi connectivity index (χ1v) is 10.8. The Hall–Kier alpha value is -3.52. The summed E-state index contributed by atoms with van der Waals surface area (Å²) in [6.45, 7) is 4.46. The summed E-state index contributed by atoms with van der Waals surface area (Å²) in [5.74, 6) is 1.85. The van der Waals surface area contributed by atoms with Gasteiger partial charge in [0, 0.05) is 5.69 Å². The molecule has 0 bridgehead atoms. The van der Waals surface area contributed by atoms with Crippen molar-refractivity contribution in [2.24, 2.45) is 0 Å². The Balaban J connectivity index is 1.55. The number of nitrogens with zero attached hydrogens (tertiary/aromatic N) is 3. The van der Waals surface area contributed by atoms with Gasteiger partial charge in [0.2, 0.25) is 11.7 Å². The van der Waals surface area contributed by atoms with E-state index >= 15 is 0 Å². The summed E-state index contributed by atoms with van der Waals surface area (Å²) < 4.78 is 13.0. The number of carbonyl (C=O) groups is 1. The number of nitrogens with one attached hydrogen (secondary N) is 1. The maximum atomic E-state index is 12.6. The molecule has 8 heteroatoms. The van der Waals surface area contributed by atoms with Crippen molar-refractivity contribution in [1.29, 1.82) is 0 Å². The van der Waals surface area contributed by atoms with E-state index in [4.69, 9.17) is 9.15 Å². The van der Waals surface area contributed by atoms with Crippen molar-refractivity contribution >= 4 is 23.4 Å². The lowest BCUT2D eigenvalue weighted by Crippen LogP contribution is -2.15. The van der Waals surface area contributed by atoms with Crippen molar-refractivity contribution in [3.05, 3.63) is 72.5 Å². The Morgan fingerprint density at radius 1 is 1.10 bits per heavy atom. The first kappa shape index (κ1) is 20.7. The molecule has 4 rings (SSSR count). The molecule has 1 amide bonds. The predicted octanol–water partition coefficient (Wildman–Crippen LogP) is 4.97. The summed E-state index contributed by atoms with van der Waals surface area (Å²) in [5, 5.41) is 12.1. The Bertz CT molecular complexity index is 1150. The molecule has 0 atom stereocenters. The highest BCUT2D eigenvalue weighted by Gasteiger charge is 2.19. The number of benzene rings is 2. The molecule has 0 radical (unpaired) electrons. The van der Waals surface area contributed by atoms with Gasteiger partial charge in [0.1, 0.15) is 5.75 Å². The van der Waals surface area contributed by atoms with Crippen LogP contribution >= 0.6 is 11.8 Å². The summed E-state index contributed by atoms with van der Waals surface area (Å²) in [5.41, 5.74) is 2.69. The van der Waals surface area contributed by atoms with Crippen molar-refractivity contribution in [2.45, 2.75) is 19.0 Å². The molecule has 1 N–H and O–H groups in total. The Kier molecular flexibility index (Phi) is 6.37. The fraction of sp³-hybridized carbons (Fsp3) is 0.174. The van der Waals surface area contributed by atoms with Crippen LogP contribution in [0.5, 0.6) is 5.75 Å². The summed E-state index contributed by atoms with van der Waals surface area (Å²) in [7, 11) is 0. The Labute approximate surface area is 184 Å². The van der Waals surface area contributed by atoms with Gasteiger partial charge in [0.25, 0.3) is 0 Å². The number of ether oxygens (including phenoxy) is 1. The van der Waals surface area contributed by atoms with Crippen molar-refractivity contribution in [1.82, 2.24) is 14.8 Å². The number of furan rings is 1. The molecular weight excluding hydrogens is 412 g/mol. The van der Waals surface area contributed by atoms with Gasteiger partial charge in [-0.05, 0) is 50.2 Å². The van der Waals surface area contributed by atoms with Gasteiger partial charge in [-0.3, -0.25) is 9.36 Å². The zero-order valence-electron chi connectivity index (χ0n) is 17.2. The number of hydrogen-bond donors (Lipinski definition) is 1. The Morgan fingerprint density at radius 3 is 2.65 bits per heavy atom. The summed E-state index contributed by atoms with van der Waals surface area (Å²) >= 11 is 1.31. The van der Waals surface area contributed by atoms with Crippen LogP contribution in [0.2, 0.25) is 0 Å². The van der Waals surface area contributed by atoms with Gasteiger partial charge in [-0.2, -0.15) is 0 Å². The quantitative estimate of drug-likeness (QED) is 0.395. The molecule has 158 valence electrons. The highest BCUT2D eigenvalue weighted by atomic mass is 32.2. The number of aromatic nitrogens is 3. The molecule has 0 aliphatic heterocycles. The SMILES string of the molecule is CCOc1ccccc1NC(=O)CSc1nnc(-c2ccco2)n1-c1ccc(C)cc1. The summed E-state index contributed by atoms with van der Waals surface area (Å²) in [6, 6.07) is 19.0. The third-order valence-electron chi connectivity index (χ3n) is 4.46. The maximum absolute atomic E-state index is 12.6. The second-order valence-electron chi connectivity index (χ2n) is 6.72. The zero-order valence-corrected chi connectivity index (χ0v) is 18.1. The van der Waals surface area contributed by atoms with E-state index in [2.05, 4.69) is 15.5 Å². The number of thioether (sulfide) groups is 1. The number of aryl methyl sites for hydroxylation is 1. The first-order valence-electron chi connectivity index (χ1n) is 9.86. The minimum absolute atomic E-state index is 0.157. The van der Waals surface area contributed by atoms with Crippen LogP contribution < -0.4 is 10.1 Å². The van der Waals surface area contributed by atoms with E-state index < -0.39 is 0 Å². The van der Waals surface area contributed by atoms with Crippen molar-refractivity contribution in [2.75, 3.05) is 17.7 Å². The molecular formula is C23H22N4O3S. The molecule has 0 fully saturated rings. The lowest BCUT2D eigenvalue weighted by atomic mass is 10.2. The van der Waals surface area contributed by atoms with Crippen LogP contribution in [-0.2, 0) is 4.79 Å². The molecule has 31 heavy (non-hydrogen) atoms. The molecule has 0 aliphatic rings. The monoisotopic (exact) mass is 434 g/mol. The molecule has 0 aliphatic carbocycles. The van der Waals surface area contributed by atoms with Crippen LogP contribution in [0.25, 0.3) is 17.3 Å². The summed E-state index contributed by atoms with van der Waals surface area (Å²) in [6.07, 6.45) is 1.60. The smallest absolute Gasteiger partial charge is 0.234 e. The van der Waals surface area contributed by atoms with Crippen LogP contribution in [0.4, 0.5) is 5.69 Å². The number of carbonyl (C=O) groups excluding carboxylic acids is 1. The van der Waals surface area contributed by atoms with Gasteiger partial charge < -0.3 is 14.5 Å². The Morgan fingerprint density at radius 2 is 1.90 bits per heavy atom. The van der Waals surface area contributed by atoms with Gasteiger partial charge in [-0.1, -0.05) is 41.6 Å². The molecule has 2 aromatic heterocycles. The van der Waals surface area contributed by atoms with Gasteiger partial charge >= 0.3 is 0 Å². The predicted molar refractivity (Wildman–Crippen MR) is 121 cm³/mol. The number of rotatable bonds is 8. The topological polar surface area (TPSA) is 82.2 Å². The molecule has 0 saturated carbocycles. The second kappa shape index (κ2) is 9.53. The maximum Gasteiger partial charge on any atom is 0.234 e. The molecule has 4 aromatic rings. The first-order chi connectivity index (χ1) is 15.2. The highest BCUT2D eigenvalue weighted by Crippen LogP contribution is 2.29. The standard InChI is InChI=1S/C23H22N4O3S/c1-3-29-19-8-5-4-7-18(19)24-21(28)15-31-23-26-25-22(20-9-6-14-30-20)27(23)17-12-10-16(2)11-13-17/h4-14H,3,15H2,1-2H3,(H,24,28). The lowest BCUT2D eigenvalue weighted by molar-refractivity contribution is -0.113.